The molecule has 0 amide bonds. The van der Waals surface area contributed by atoms with Gasteiger partial charge in [-0.05, 0) is 0 Å². The number of nitrogens with two attached hydrogens (primary N) is 1. The van der Waals surface area contributed by atoms with Crippen LogP contribution in [0.1, 0.15) is 0 Å². The zero-order valence-corrected chi connectivity index (χ0v) is 8.48. The molecule has 0 aromatic heterocycles. The van der Waals surface area contributed by atoms with Crippen molar-refractivity contribution in [2.75, 3.05) is 7.05 Å². The molecule has 0 aliphatic carbocycles. The topological polar surface area (TPSA) is 41.6 Å². The van der Waals surface area contributed by atoms with Gasteiger partial charge in [0.2, 0.25) is 0 Å². The van der Waals surface area contributed by atoms with E-state index in [2.05, 4.69) is 21.0 Å². The third-order valence-corrected chi connectivity index (χ3v) is 2.08. The first-order chi connectivity index (χ1) is 5.70. The van der Waals surface area contributed by atoms with Crippen molar-refractivity contribution in [1.82, 2.24) is 5.01 Å². The van der Waals surface area contributed by atoms with E-state index in [0.717, 1.165) is 5.69 Å². The van der Waals surface area contributed by atoms with Gasteiger partial charge >= 0.3 is 79.7 Å². The predicted octanol–water partition coefficient (Wildman–Crippen LogP) is 0.648. The number of hydrazine groups is 1. The normalized spacial score (nSPS) is 11.3. The molecule has 1 aromatic carbocycles. The van der Waals surface area contributed by atoms with Crippen molar-refractivity contribution < 1.29 is 0 Å². The summed E-state index contributed by atoms with van der Waals surface area (Å²) in [5.41, 5.74) is 0.892. The number of rotatable bonds is 1. The molecule has 0 heterocycles. The summed E-state index contributed by atoms with van der Waals surface area (Å²) < 4.78 is 0.668. The maximum atomic E-state index is 5.46. The number of para-hydroxylation sites is 1. The van der Waals surface area contributed by atoms with Gasteiger partial charge in [0.1, 0.15) is 0 Å². The van der Waals surface area contributed by atoms with Crippen LogP contribution in [-0.2, 0) is 0 Å². The monoisotopic (exact) mass is 228 g/mol. The molecule has 0 atom stereocenters. The SMILES string of the molecule is CN(N)C([Se])=Nc1ccccc1. The number of nitrogens with zero attached hydrogens (tertiary/aromatic N) is 2. The molecule has 0 fully saturated rings. The fourth-order valence-electron chi connectivity index (χ4n) is 0.692. The Labute approximate surface area is 80.1 Å². The molecule has 1 rings (SSSR count). The van der Waals surface area contributed by atoms with Crippen molar-refractivity contribution in [3.63, 3.8) is 0 Å². The summed E-state index contributed by atoms with van der Waals surface area (Å²) in [6.45, 7) is 0. The Morgan fingerprint density at radius 3 is 2.50 bits per heavy atom. The number of aliphatic imine (C=N–C) groups is 1. The molecule has 1 radical (unpaired) electrons. The van der Waals surface area contributed by atoms with E-state index >= 15 is 0 Å². The molecule has 0 aliphatic heterocycles. The summed E-state index contributed by atoms with van der Waals surface area (Å²) in [5.74, 6) is 5.46. The number of hydrogen-bond donors (Lipinski definition) is 1. The second-order valence-electron chi connectivity index (χ2n) is 2.34. The van der Waals surface area contributed by atoms with Crippen molar-refractivity contribution >= 4 is 26.4 Å². The van der Waals surface area contributed by atoms with Gasteiger partial charge in [-0.3, -0.25) is 0 Å². The van der Waals surface area contributed by atoms with E-state index in [0.29, 0.717) is 4.73 Å². The molecule has 12 heavy (non-hydrogen) atoms. The minimum atomic E-state index is 0.668. The number of benzene rings is 1. The Balaban J connectivity index is 2.81. The summed E-state index contributed by atoms with van der Waals surface area (Å²) in [6, 6.07) is 9.65. The van der Waals surface area contributed by atoms with Crippen LogP contribution in [0.2, 0.25) is 0 Å². The standard InChI is InChI=1S/C8H10N3Se/c1-11(9)8(12)10-7-5-3-2-4-6-7/h2-6H,9H2,1H3. The van der Waals surface area contributed by atoms with Gasteiger partial charge in [-0.25, -0.2) is 0 Å². The first-order valence-corrected chi connectivity index (χ1v) is 4.35. The van der Waals surface area contributed by atoms with Gasteiger partial charge in [0.15, 0.2) is 0 Å². The molecule has 0 saturated carbocycles. The van der Waals surface area contributed by atoms with E-state index in [1.54, 1.807) is 7.05 Å². The summed E-state index contributed by atoms with van der Waals surface area (Å²) in [6.07, 6.45) is 0. The van der Waals surface area contributed by atoms with Crippen LogP contribution >= 0.6 is 0 Å². The van der Waals surface area contributed by atoms with Crippen LogP contribution in [0, 0.1) is 0 Å². The van der Waals surface area contributed by atoms with Crippen LogP contribution in [0.5, 0.6) is 0 Å². The summed E-state index contributed by atoms with van der Waals surface area (Å²) >= 11 is 2.78. The second-order valence-corrected chi connectivity index (χ2v) is 3.11. The predicted molar refractivity (Wildman–Crippen MR) is 51.2 cm³/mol. The zero-order valence-electron chi connectivity index (χ0n) is 6.77. The Bertz CT molecular complexity index is 269. The van der Waals surface area contributed by atoms with Gasteiger partial charge in [-0.2, -0.15) is 0 Å². The van der Waals surface area contributed by atoms with Crippen molar-refractivity contribution in [1.29, 1.82) is 0 Å². The van der Waals surface area contributed by atoms with Crippen LogP contribution in [0.3, 0.4) is 0 Å². The molecule has 3 nitrogen and oxygen atoms in total. The van der Waals surface area contributed by atoms with Crippen LogP contribution in [0.15, 0.2) is 35.3 Å². The van der Waals surface area contributed by atoms with E-state index < -0.39 is 0 Å². The Kier molecular flexibility index (Phi) is 3.29. The van der Waals surface area contributed by atoms with E-state index in [-0.39, 0.29) is 0 Å². The molecular formula is C8H10N3Se. The first kappa shape index (κ1) is 9.26. The molecule has 0 unspecified atom stereocenters. The first-order valence-electron chi connectivity index (χ1n) is 3.49. The Hall–Kier alpha value is -0.831. The molecular weight excluding hydrogens is 217 g/mol. The van der Waals surface area contributed by atoms with Crippen molar-refractivity contribution in [3.05, 3.63) is 30.3 Å². The molecule has 63 valence electrons. The molecule has 0 aliphatic rings. The van der Waals surface area contributed by atoms with Crippen LogP contribution in [-0.4, -0.2) is 32.8 Å². The van der Waals surface area contributed by atoms with Crippen molar-refractivity contribution in [3.8, 4) is 0 Å². The van der Waals surface area contributed by atoms with Gasteiger partial charge in [0.25, 0.3) is 0 Å². The van der Waals surface area contributed by atoms with Crippen LogP contribution in [0.4, 0.5) is 5.69 Å². The van der Waals surface area contributed by atoms with Gasteiger partial charge in [0, 0.05) is 0 Å². The fraction of sp³-hybridized carbons (Fsp3) is 0.125. The quantitative estimate of drug-likeness (QED) is 0.251. The summed E-state index contributed by atoms with van der Waals surface area (Å²) in [7, 11) is 1.73. The zero-order chi connectivity index (χ0) is 8.97. The summed E-state index contributed by atoms with van der Waals surface area (Å²) in [4.78, 5) is 4.22. The van der Waals surface area contributed by atoms with E-state index in [1.165, 1.54) is 5.01 Å². The molecule has 1 aromatic rings. The van der Waals surface area contributed by atoms with E-state index in [4.69, 9.17) is 5.84 Å². The van der Waals surface area contributed by atoms with E-state index in [9.17, 15) is 0 Å². The minimum absolute atomic E-state index is 0.668. The fourth-order valence-corrected chi connectivity index (χ4v) is 0.913. The Morgan fingerprint density at radius 2 is 2.00 bits per heavy atom. The Morgan fingerprint density at radius 1 is 1.42 bits per heavy atom. The molecule has 0 saturated heterocycles. The maximum absolute atomic E-state index is 5.46. The average Bonchev–Trinajstić information content (AvgIpc) is 2.06. The van der Waals surface area contributed by atoms with Gasteiger partial charge in [0.05, 0.1) is 0 Å². The average molecular weight is 227 g/mol. The number of amidine groups is 1. The van der Waals surface area contributed by atoms with Gasteiger partial charge in [-0.15, -0.1) is 0 Å². The third-order valence-electron chi connectivity index (χ3n) is 1.28. The van der Waals surface area contributed by atoms with Crippen molar-refractivity contribution in [2.45, 2.75) is 0 Å². The molecule has 0 bridgehead atoms. The molecule has 0 spiro atoms. The summed E-state index contributed by atoms with van der Waals surface area (Å²) in [5, 5.41) is 1.44. The molecule has 4 heteroatoms. The molecule has 2 N–H and O–H groups in total. The number of hydrogen-bond acceptors (Lipinski definition) is 2. The van der Waals surface area contributed by atoms with Gasteiger partial charge in [-0.1, -0.05) is 0 Å². The van der Waals surface area contributed by atoms with Crippen LogP contribution < -0.4 is 5.84 Å². The van der Waals surface area contributed by atoms with Crippen LogP contribution in [0.25, 0.3) is 0 Å². The third kappa shape index (κ3) is 2.66. The van der Waals surface area contributed by atoms with Gasteiger partial charge < -0.3 is 0 Å². The second kappa shape index (κ2) is 4.26. The van der Waals surface area contributed by atoms with Crippen molar-refractivity contribution in [2.24, 2.45) is 10.8 Å². The van der Waals surface area contributed by atoms with E-state index in [1.807, 2.05) is 30.3 Å².